The van der Waals surface area contributed by atoms with Gasteiger partial charge in [0.25, 0.3) is 0 Å². The topological polar surface area (TPSA) is 124 Å². The molecule has 180 valence electrons. The fourth-order valence-electron chi connectivity index (χ4n) is 4.01. The Morgan fingerprint density at radius 1 is 1.08 bits per heavy atom. The standard InChI is InChI=1S/C27H24ClN7O/c1-16-24(32-19-8-6-7-17(13-19)18(14-29)15-30)25(20-9-2-3-10-21(20)28)34-26(31-16)35-27-33-22-11-4-5-12-23(22)36-27/h2-15,25,29,32H,30H2,1H3,(H2,31,33,34,35)/b18-15+,29-14?. The van der Waals surface area contributed by atoms with Crippen LogP contribution in [0, 0.1) is 5.41 Å². The zero-order valence-electron chi connectivity index (χ0n) is 19.4. The van der Waals surface area contributed by atoms with Crippen molar-refractivity contribution in [3.8, 4) is 0 Å². The Kier molecular flexibility index (Phi) is 6.42. The van der Waals surface area contributed by atoms with Crippen LogP contribution in [-0.4, -0.2) is 17.2 Å². The molecule has 1 unspecified atom stereocenters. The number of oxazole rings is 1. The SMILES string of the molecule is CC1=C(Nc2cccc(/C(C=N)=C/N)c2)C(c2ccccc2Cl)N=C(Nc2nc3ccccc3o2)N1. The number of hydrogen-bond acceptors (Lipinski definition) is 8. The minimum absolute atomic E-state index is 0.338. The summed E-state index contributed by atoms with van der Waals surface area (Å²) in [5.41, 5.74) is 11.9. The predicted molar refractivity (Wildman–Crippen MR) is 146 cm³/mol. The average molecular weight is 498 g/mol. The summed E-state index contributed by atoms with van der Waals surface area (Å²) in [6.45, 7) is 1.96. The van der Waals surface area contributed by atoms with Crippen LogP contribution < -0.4 is 21.7 Å². The Labute approximate surface area is 213 Å². The molecular weight excluding hydrogens is 474 g/mol. The van der Waals surface area contributed by atoms with Gasteiger partial charge in [-0.15, -0.1) is 0 Å². The maximum absolute atomic E-state index is 7.61. The lowest BCUT2D eigenvalue weighted by Gasteiger charge is -2.28. The van der Waals surface area contributed by atoms with Crippen molar-refractivity contribution in [1.82, 2.24) is 10.3 Å². The summed E-state index contributed by atoms with van der Waals surface area (Å²) in [4.78, 5) is 9.40. The molecule has 1 atom stereocenters. The first kappa shape index (κ1) is 23.2. The molecule has 5 rings (SSSR count). The molecule has 0 radical (unpaired) electrons. The van der Waals surface area contributed by atoms with E-state index >= 15 is 0 Å². The first-order valence-corrected chi connectivity index (χ1v) is 11.7. The van der Waals surface area contributed by atoms with Gasteiger partial charge < -0.3 is 26.2 Å². The highest BCUT2D eigenvalue weighted by Gasteiger charge is 2.27. The van der Waals surface area contributed by atoms with Crippen molar-refractivity contribution in [2.45, 2.75) is 13.0 Å². The van der Waals surface area contributed by atoms with Crippen molar-refractivity contribution < 1.29 is 4.42 Å². The van der Waals surface area contributed by atoms with Crippen LogP contribution in [0.1, 0.15) is 24.1 Å². The smallest absolute Gasteiger partial charge is 0.302 e. The molecule has 0 saturated heterocycles. The van der Waals surface area contributed by atoms with Crippen LogP contribution in [0.2, 0.25) is 5.02 Å². The van der Waals surface area contributed by atoms with E-state index in [1.807, 2.05) is 79.7 Å². The van der Waals surface area contributed by atoms with Crippen LogP contribution in [0.3, 0.4) is 0 Å². The third-order valence-electron chi connectivity index (χ3n) is 5.77. The number of nitrogens with zero attached hydrogens (tertiary/aromatic N) is 2. The maximum atomic E-state index is 7.61. The highest BCUT2D eigenvalue weighted by molar-refractivity contribution is 6.31. The molecular formula is C27H24ClN7O. The molecule has 0 saturated carbocycles. The Hall–Kier alpha value is -4.56. The molecule has 0 aliphatic carbocycles. The van der Waals surface area contributed by atoms with Crippen molar-refractivity contribution in [1.29, 1.82) is 5.41 Å². The number of allylic oxidation sites excluding steroid dienone is 2. The number of para-hydroxylation sites is 2. The predicted octanol–water partition coefficient (Wildman–Crippen LogP) is 5.89. The maximum Gasteiger partial charge on any atom is 0.302 e. The number of guanidine groups is 1. The molecule has 2 heterocycles. The summed E-state index contributed by atoms with van der Waals surface area (Å²) < 4.78 is 5.82. The van der Waals surface area contributed by atoms with Gasteiger partial charge in [0.15, 0.2) is 5.58 Å². The van der Waals surface area contributed by atoms with Crippen LogP contribution in [0.4, 0.5) is 11.7 Å². The van der Waals surface area contributed by atoms with E-state index in [0.717, 1.165) is 33.7 Å². The van der Waals surface area contributed by atoms with Gasteiger partial charge in [-0.25, -0.2) is 4.99 Å². The first-order chi connectivity index (χ1) is 17.6. The van der Waals surface area contributed by atoms with Gasteiger partial charge in [-0.3, -0.25) is 5.32 Å². The van der Waals surface area contributed by atoms with Gasteiger partial charge in [0, 0.05) is 40.0 Å². The molecule has 8 nitrogen and oxygen atoms in total. The van der Waals surface area contributed by atoms with E-state index < -0.39 is 6.04 Å². The first-order valence-electron chi connectivity index (χ1n) is 11.3. The second-order valence-corrected chi connectivity index (χ2v) is 8.56. The number of aromatic nitrogens is 1. The molecule has 36 heavy (non-hydrogen) atoms. The molecule has 0 bridgehead atoms. The number of anilines is 2. The van der Waals surface area contributed by atoms with Gasteiger partial charge in [0.2, 0.25) is 5.96 Å². The van der Waals surface area contributed by atoms with Crippen LogP contribution in [0.25, 0.3) is 16.7 Å². The van der Waals surface area contributed by atoms with Crippen LogP contribution in [-0.2, 0) is 0 Å². The highest BCUT2D eigenvalue weighted by atomic mass is 35.5. The van der Waals surface area contributed by atoms with Gasteiger partial charge in [0.1, 0.15) is 11.6 Å². The fourth-order valence-corrected chi connectivity index (χ4v) is 4.25. The lowest BCUT2D eigenvalue weighted by Crippen LogP contribution is -2.36. The Balaban J connectivity index is 1.50. The molecule has 0 amide bonds. The fraction of sp³-hybridized carbons (Fsp3) is 0.0741. The summed E-state index contributed by atoms with van der Waals surface area (Å²) in [5, 5.41) is 18.2. The van der Waals surface area contributed by atoms with E-state index in [1.165, 1.54) is 12.4 Å². The summed E-state index contributed by atoms with van der Waals surface area (Å²) in [5.74, 6) is 0.487. The second-order valence-electron chi connectivity index (χ2n) is 8.15. The molecule has 9 heteroatoms. The van der Waals surface area contributed by atoms with Crippen molar-refractivity contribution >= 4 is 52.1 Å². The monoisotopic (exact) mass is 497 g/mol. The quantitative estimate of drug-likeness (QED) is 0.212. The Morgan fingerprint density at radius 3 is 2.67 bits per heavy atom. The van der Waals surface area contributed by atoms with E-state index in [9.17, 15) is 0 Å². The molecule has 1 aliphatic heterocycles. The van der Waals surface area contributed by atoms with E-state index in [4.69, 9.17) is 32.2 Å². The highest BCUT2D eigenvalue weighted by Crippen LogP contribution is 2.35. The number of hydrogen-bond donors (Lipinski definition) is 5. The van der Waals surface area contributed by atoms with Crippen molar-refractivity contribution in [3.63, 3.8) is 0 Å². The summed E-state index contributed by atoms with van der Waals surface area (Å²) in [7, 11) is 0. The molecule has 3 aromatic carbocycles. The zero-order valence-corrected chi connectivity index (χ0v) is 20.2. The molecule has 0 fully saturated rings. The van der Waals surface area contributed by atoms with Gasteiger partial charge >= 0.3 is 6.01 Å². The summed E-state index contributed by atoms with van der Waals surface area (Å²) >= 11 is 6.60. The number of benzene rings is 3. The third kappa shape index (κ3) is 4.67. The number of nitrogens with two attached hydrogens (primary N) is 1. The minimum atomic E-state index is -0.428. The molecule has 4 aromatic rings. The number of nitrogens with one attached hydrogen (secondary N) is 4. The Bertz CT molecular complexity index is 1500. The van der Waals surface area contributed by atoms with E-state index in [2.05, 4.69) is 20.9 Å². The normalized spacial score (nSPS) is 15.9. The summed E-state index contributed by atoms with van der Waals surface area (Å²) in [6.07, 6.45) is 2.65. The number of aliphatic imine (C=N–C) groups is 1. The van der Waals surface area contributed by atoms with Crippen molar-refractivity contribution in [2.75, 3.05) is 10.6 Å². The van der Waals surface area contributed by atoms with Gasteiger partial charge in [-0.2, -0.15) is 4.98 Å². The molecule has 6 N–H and O–H groups in total. The van der Waals surface area contributed by atoms with Crippen LogP contribution in [0.15, 0.2) is 99.8 Å². The van der Waals surface area contributed by atoms with Crippen molar-refractivity contribution in [3.05, 3.63) is 107 Å². The lowest BCUT2D eigenvalue weighted by atomic mass is 10.0. The van der Waals surface area contributed by atoms with E-state index in [-0.39, 0.29) is 0 Å². The lowest BCUT2D eigenvalue weighted by molar-refractivity contribution is 0.622. The average Bonchev–Trinajstić information content (AvgIpc) is 3.29. The Morgan fingerprint density at radius 2 is 1.89 bits per heavy atom. The van der Waals surface area contributed by atoms with Gasteiger partial charge in [-0.1, -0.05) is 54.1 Å². The number of halogens is 1. The largest absolute Gasteiger partial charge is 0.423 e. The summed E-state index contributed by atoms with van der Waals surface area (Å²) in [6, 6.07) is 22.8. The molecule has 1 aromatic heterocycles. The van der Waals surface area contributed by atoms with Crippen molar-refractivity contribution in [2.24, 2.45) is 10.7 Å². The van der Waals surface area contributed by atoms with Crippen LogP contribution in [0.5, 0.6) is 0 Å². The third-order valence-corrected chi connectivity index (χ3v) is 6.11. The second kappa shape index (κ2) is 9.97. The molecule has 0 spiro atoms. The zero-order chi connectivity index (χ0) is 25.1. The number of fused-ring (bicyclic) bond motifs is 1. The molecule has 1 aliphatic rings. The van der Waals surface area contributed by atoms with Gasteiger partial charge in [-0.05, 0) is 42.8 Å². The minimum Gasteiger partial charge on any atom is -0.423 e. The van der Waals surface area contributed by atoms with Gasteiger partial charge in [0.05, 0.1) is 5.70 Å². The number of rotatable bonds is 6. The van der Waals surface area contributed by atoms with E-state index in [0.29, 0.717) is 28.2 Å². The van der Waals surface area contributed by atoms with Crippen LogP contribution >= 0.6 is 11.6 Å². The van der Waals surface area contributed by atoms with E-state index in [1.54, 1.807) is 0 Å².